The summed E-state index contributed by atoms with van der Waals surface area (Å²) >= 11 is 5.73. The number of hydrazone groups is 1. The highest BCUT2D eigenvalue weighted by Crippen LogP contribution is 2.37. The zero-order chi connectivity index (χ0) is 25.0. The van der Waals surface area contributed by atoms with Gasteiger partial charge in [-0.05, 0) is 46.9 Å². The van der Waals surface area contributed by atoms with Gasteiger partial charge in [0.1, 0.15) is 0 Å². The van der Waals surface area contributed by atoms with Gasteiger partial charge in [-0.3, -0.25) is 9.59 Å². The summed E-state index contributed by atoms with van der Waals surface area (Å²) in [6, 6.07) is 20.5. The lowest BCUT2D eigenvalue weighted by Crippen LogP contribution is -2.18. The number of benzene rings is 3. The van der Waals surface area contributed by atoms with Crippen LogP contribution in [0.4, 0.5) is 13.2 Å². The van der Waals surface area contributed by atoms with E-state index in [-0.39, 0.29) is 23.4 Å². The van der Waals surface area contributed by atoms with Gasteiger partial charge in [0.05, 0.1) is 11.8 Å². The molecule has 0 aromatic heterocycles. The zero-order valence-corrected chi connectivity index (χ0v) is 19.2. The molecule has 35 heavy (non-hydrogen) atoms. The monoisotopic (exact) mass is 496 g/mol. The van der Waals surface area contributed by atoms with E-state index < -0.39 is 23.4 Å². The van der Waals surface area contributed by atoms with Crippen LogP contribution < -0.4 is 5.43 Å². The van der Waals surface area contributed by atoms with Crippen molar-refractivity contribution in [1.29, 1.82) is 0 Å². The summed E-state index contributed by atoms with van der Waals surface area (Å²) in [6.07, 6.45) is -2.81. The molecule has 178 valence electrons. The summed E-state index contributed by atoms with van der Waals surface area (Å²) in [5.41, 5.74) is 6.42. The lowest BCUT2D eigenvalue weighted by molar-refractivity contribution is -0.137. The minimum absolute atomic E-state index is 0.193. The Balaban J connectivity index is 1.42. The first-order valence-electron chi connectivity index (χ1n) is 10.8. The molecular formula is C27H20ClF3N2O2. The first-order valence-corrected chi connectivity index (χ1v) is 11.2. The van der Waals surface area contributed by atoms with Gasteiger partial charge in [0, 0.05) is 29.0 Å². The van der Waals surface area contributed by atoms with E-state index in [1.165, 1.54) is 0 Å². The van der Waals surface area contributed by atoms with Gasteiger partial charge in [0.2, 0.25) is 5.91 Å². The first-order chi connectivity index (χ1) is 16.7. The topological polar surface area (TPSA) is 58.5 Å². The highest BCUT2D eigenvalue weighted by Gasteiger charge is 2.31. The minimum Gasteiger partial charge on any atom is -0.294 e. The molecule has 0 aliphatic heterocycles. The Hall–Kier alpha value is -3.71. The van der Waals surface area contributed by atoms with Gasteiger partial charge in [-0.25, -0.2) is 5.43 Å². The molecule has 0 unspecified atom stereocenters. The molecule has 0 atom stereocenters. The molecule has 0 radical (unpaired) electrons. The average Bonchev–Trinajstić information content (AvgIpc) is 3.21. The van der Waals surface area contributed by atoms with Crippen LogP contribution in [0, 0.1) is 0 Å². The highest BCUT2D eigenvalue weighted by atomic mass is 35.5. The van der Waals surface area contributed by atoms with E-state index >= 15 is 0 Å². The van der Waals surface area contributed by atoms with E-state index in [0.29, 0.717) is 0 Å². The Morgan fingerprint density at radius 2 is 1.69 bits per heavy atom. The molecule has 0 bridgehead atoms. The lowest BCUT2D eigenvalue weighted by Gasteiger charge is -2.09. The molecule has 0 fully saturated rings. The number of Topliss-reactive ketones (excluding diaryl/α,β-unsaturated/α-hetero) is 1. The average molecular weight is 497 g/mol. The van der Waals surface area contributed by atoms with Crippen molar-refractivity contribution in [1.82, 2.24) is 5.43 Å². The molecule has 3 aromatic carbocycles. The molecule has 0 spiro atoms. The molecule has 0 saturated carbocycles. The molecule has 0 heterocycles. The van der Waals surface area contributed by atoms with E-state index in [1.54, 1.807) is 6.21 Å². The number of carbonyl (C=O) groups excluding carboxylic acids is 2. The Morgan fingerprint density at radius 3 is 2.43 bits per heavy atom. The fraction of sp³-hybridized carbons (Fsp3) is 0.148. The number of ketones is 1. The molecule has 4 rings (SSSR count). The Labute approximate surface area is 205 Å². The van der Waals surface area contributed by atoms with Crippen molar-refractivity contribution in [3.8, 4) is 0 Å². The smallest absolute Gasteiger partial charge is 0.294 e. The second kappa shape index (κ2) is 10.3. The third-order valence-corrected chi connectivity index (χ3v) is 5.85. The van der Waals surface area contributed by atoms with Crippen LogP contribution >= 0.6 is 11.6 Å². The van der Waals surface area contributed by atoms with Gasteiger partial charge in [-0.15, -0.1) is 0 Å². The number of alkyl halides is 3. The lowest BCUT2D eigenvalue weighted by atomic mass is 10.0. The SMILES string of the molecule is O=C(CCC(=O)c1cc(Cl)cc(C(F)(F)F)c1)N/N=C/C1=C(c2ccccc2)Cc2ccccc21. The predicted octanol–water partition coefficient (Wildman–Crippen LogP) is 6.59. The van der Waals surface area contributed by atoms with Crippen LogP contribution in [0.2, 0.25) is 5.02 Å². The van der Waals surface area contributed by atoms with Gasteiger partial charge in [-0.1, -0.05) is 66.2 Å². The quantitative estimate of drug-likeness (QED) is 0.228. The van der Waals surface area contributed by atoms with E-state index in [9.17, 15) is 22.8 Å². The maximum absolute atomic E-state index is 13.0. The number of nitrogens with one attached hydrogen (secondary N) is 1. The van der Waals surface area contributed by atoms with Gasteiger partial charge in [0.15, 0.2) is 5.78 Å². The summed E-state index contributed by atoms with van der Waals surface area (Å²) in [5, 5.41) is 3.88. The maximum atomic E-state index is 13.0. The van der Waals surface area contributed by atoms with E-state index in [1.807, 2.05) is 54.6 Å². The highest BCUT2D eigenvalue weighted by molar-refractivity contribution is 6.31. The normalized spacial score (nSPS) is 13.3. The number of halogens is 4. The number of amides is 1. The molecule has 1 amide bonds. The largest absolute Gasteiger partial charge is 0.416 e. The van der Waals surface area contributed by atoms with Crippen LogP contribution in [0.1, 0.15) is 45.5 Å². The van der Waals surface area contributed by atoms with Crippen molar-refractivity contribution in [3.63, 3.8) is 0 Å². The fourth-order valence-corrected chi connectivity index (χ4v) is 4.18. The van der Waals surface area contributed by atoms with Crippen molar-refractivity contribution in [2.75, 3.05) is 0 Å². The summed E-state index contributed by atoms with van der Waals surface area (Å²) < 4.78 is 38.9. The first kappa shape index (κ1) is 24.4. The number of allylic oxidation sites excluding steroid dienone is 2. The molecular weight excluding hydrogens is 477 g/mol. The number of nitrogens with zero attached hydrogens (tertiary/aromatic N) is 1. The van der Waals surface area contributed by atoms with Crippen LogP contribution in [-0.2, 0) is 17.4 Å². The molecule has 3 aromatic rings. The minimum atomic E-state index is -4.63. The Kier molecular flexibility index (Phi) is 7.17. The number of carbonyl (C=O) groups is 2. The molecule has 1 aliphatic carbocycles. The van der Waals surface area contributed by atoms with Crippen LogP contribution in [-0.4, -0.2) is 17.9 Å². The second-order valence-electron chi connectivity index (χ2n) is 8.03. The van der Waals surface area contributed by atoms with Crippen molar-refractivity contribution in [2.24, 2.45) is 5.10 Å². The Morgan fingerprint density at radius 1 is 0.971 bits per heavy atom. The van der Waals surface area contributed by atoms with Crippen LogP contribution in [0.5, 0.6) is 0 Å². The summed E-state index contributed by atoms with van der Waals surface area (Å²) in [5.74, 6) is -1.14. The van der Waals surface area contributed by atoms with Crippen molar-refractivity contribution < 1.29 is 22.8 Å². The number of rotatable bonds is 7. The van der Waals surface area contributed by atoms with Gasteiger partial charge in [0.25, 0.3) is 0 Å². The van der Waals surface area contributed by atoms with Crippen LogP contribution in [0.3, 0.4) is 0 Å². The van der Waals surface area contributed by atoms with Crippen LogP contribution in [0.15, 0.2) is 77.9 Å². The third-order valence-electron chi connectivity index (χ3n) is 5.63. The number of hydrogen-bond donors (Lipinski definition) is 1. The van der Waals surface area contributed by atoms with Gasteiger partial charge < -0.3 is 0 Å². The second-order valence-corrected chi connectivity index (χ2v) is 8.47. The molecule has 4 nitrogen and oxygen atoms in total. The van der Waals surface area contributed by atoms with Gasteiger partial charge in [-0.2, -0.15) is 18.3 Å². The maximum Gasteiger partial charge on any atom is 0.416 e. The summed E-state index contributed by atoms with van der Waals surface area (Å²) in [7, 11) is 0. The zero-order valence-electron chi connectivity index (χ0n) is 18.4. The van der Waals surface area contributed by atoms with E-state index in [2.05, 4.69) is 10.5 Å². The number of hydrogen-bond acceptors (Lipinski definition) is 3. The standard InChI is InChI=1S/C27H20ClF3N2O2/c28-21-13-19(12-20(15-21)27(29,30)31)25(34)10-11-26(35)33-32-16-24-22-9-5-4-8-18(22)14-23(24)17-6-2-1-3-7-17/h1-9,12-13,15-16H,10-11,14H2,(H,33,35)/b32-16+. The fourth-order valence-electron chi connectivity index (χ4n) is 3.94. The van der Waals surface area contributed by atoms with Crippen molar-refractivity contribution in [3.05, 3.63) is 106 Å². The molecule has 1 N–H and O–H groups in total. The predicted molar refractivity (Wildman–Crippen MR) is 130 cm³/mol. The van der Waals surface area contributed by atoms with Gasteiger partial charge >= 0.3 is 6.18 Å². The van der Waals surface area contributed by atoms with Crippen LogP contribution in [0.25, 0.3) is 11.1 Å². The van der Waals surface area contributed by atoms with Crippen molar-refractivity contribution >= 4 is 40.7 Å². The summed E-state index contributed by atoms with van der Waals surface area (Å²) in [4.78, 5) is 24.6. The number of fused-ring (bicyclic) bond motifs is 1. The van der Waals surface area contributed by atoms with E-state index in [0.717, 1.165) is 52.5 Å². The summed E-state index contributed by atoms with van der Waals surface area (Å²) in [6.45, 7) is 0. The Bertz CT molecular complexity index is 1330. The molecule has 1 aliphatic rings. The molecule has 0 saturated heterocycles. The van der Waals surface area contributed by atoms with E-state index in [4.69, 9.17) is 11.6 Å². The van der Waals surface area contributed by atoms with Crippen molar-refractivity contribution in [2.45, 2.75) is 25.4 Å². The molecule has 8 heteroatoms. The third kappa shape index (κ3) is 5.87.